The van der Waals surface area contributed by atoms with Crippen LogP contribution in [0.15, 0.2) is 24.3 Å². The van der Waals surface area contributed by atoms with Crippen molar-refractivity contribution in [2.75, 3.05) is 25.0 Å². The molecule has 2 rings (SSSR count). The number of carbonyl (C=O) groups is 4. The molecule has 35 heavy (non-hydrogen) atoms. The van der Waals surface area contributed by atoms with Crippen LogP contribution in [0.3, 0.4) is 0 Å². The van der Waals surface area contributed by atoms with Crippen LogP contribution in [0.2, 0.25) is 0 Å². The average Bonchev–Trinajstić information content (AvgIpc) is 3.60. The first kappa shape index (κ1) is 28.1. The maximum absolute atomic E-state index is 13.2. The lowest BCUT2D eigenvalue weighted by Gasteiger charge is -2.28. The fraction of sp³-hybridized carbons (Fsp3) is 0.583. The van der Waals surface area contributed by atoms with Gasteiger partial charge in [-0.25, -0.2) is 0 Å². The third kappa shape index (κ3) is 7.43. The van der Waals surface area contributed by atoms with E-state index < -0.39 is 36.0 Å². The molecule has 0 aromatic heterocycles. The molecule has 8 nitrogen and oxygen atoms in total. The molecule has 4 amide bonds. The molecule has 1 aromatic carbocycles. The Morgan fingerprint density at radius 2 is 1.83 bits per heavy atom. The van der Waals surface area contributed by atoms with Crippen LogP contribution in [0, 0.1) is 11.3 Å². The first-order valence-corrected chi connectivity index (χ1v) is 11.7. The maximum Gasteiger partial charge on any atom is 0.403 e. The van der Waals surface area contributed by atoms with Gasteiger partial charge in [0.15, 0.2) is 0 Å². The fourth-order valence-electron chi connectivity index (χ4n) is 3.87. The summed E-state index contributed by atoms with van der Waals surface area (Å²) in [5, 5.41) is 7.26. The van der Waals surface area contributed by atoms with Gasteiger partial charge in [-0.3, -0.25) is 19.2 Å². The molecule has 11 heteroatoms. The van der Waals surface area contributed by atoms with Gasteiger partial charge >= 0.3 is 6.18 Å². The predicted octanol–water partition coefficient (Wildman–Crippen LogP) is 2.64. The molecule has 1 fully saturated rings. The smallest absolute Gasteiger partial charge is 0.346 e. The lowest BCUT2D eigenvalue weighted by molar-refractivity contribution is -0.192. The van der Waals surface area contributed by atoms with Crippen molar-refractivity contribution in [2.45, 2.75) is 58.7 Å². The maximum atomic E-state index is 13.2. The monoisotopic (exact) mass is 498 g/mol. The van der Waals surface area contributed by atoms with E-state index in [1.54, 1.807) is 24.0 Å². The number of halogens is 3. The van der Waals surface area contributed by atoms with Gasteiger partial charge in [-0.1, -0.05) is 32.0 Å². The number of hydrogen-bond acceptors (Lipinski definition) is 4. The van der Waals surface area contributed by atoms with Gasteiger partial charge in [-0.05, 0) is 50.2 Å². The SMILES string of the molecule is CCN(CCc1ccccc1NC=O)C(=O)C(CC(C)C)NC(=O)CNC(=O)C1(C(F)(F)F)CC1. The first-order chi connectivity index (χ1) is 16.4. The molecule has 0 aliphatic heterocycles. The molecule has 0 heterocycles. The Kier molecular flexibility index (Phi) is 9.67. The average molecular weight is 499 g/mol. The summed E-state index contributed by atoms with van der Waals surface area (Å²) in [4.78, 5) is 50.1. The topological polar surface area (TPSA) is 108 Å². The number of anilines is 1. The van der Waals surface area contributed by atoms with Crippen molar-refractivity contribution in [2.24, 2.45) is 11.3 Å². The van der Waals surface area contributed by atoms with E-state index in [9.17, 15) is 32.3 Å². The lowest BCUT2D eigenvalue weighted by atomic mass is 10.0. The molecule has 0 bridgehead atoms. The van der Waals surface area contributed by atoms with Crippen LogP contribution in [0.1, 0.15) is 45.6 Å². The molecule has 1 unspecified atom stereocenters. The molecule has 194 valence electrons. The number of nitrogens with zero attached hydrogens (tertiary/aromatic N) is 1. The fourth-order valence-corrected chi connectivity index (χ4v) is 3.87. The number of amides is 4. The molecular formula is C24H33F3N4O4. The second kappa shape index (κ2) is 12.0. The molecule has 1 aliphatic carbocycles. The minimum absolute atomic E-state index is 0.0510. The van der Waals surface area contributed by atoms with E-state index >= 15 is 0 Å². The van der Waals surface area contributed by atoms with Crippen molar-refractivity contribution in [3.05, 3.63) is 29.8 Å². The molecule has 1 atom stereocenters. The Hall–Kier alpha value is -3.11. The largest absolute Gasteiger partial charge is 0.403 e. The minimum Gasteiger partial charge on any atom is -0.346 e. The summed E-state index contributed by atoms with van der Waals surface area (Å²) >= 11 is 0. The van der Waals surface area contributed by atoms with E-state index in [0.29, 0.717) is 38.0 Å². The zero-order chi connectivity index (χ0) is 26.2. The highest BCUT2D eigenvalue weighted by Crippen LogP contribution is 2.57. The highest BCUT2D eigenvalue weighted by molar-refractivity contribution is 5.92. The Morgan fingerprint density at radius 3 is 2.37 bits per heavy atom. The zero-order valence-corrected chi connectivity index (χ0v) is 20.2. The van der Waals surface area contributed by atoms with E-state index in [0.717, 1.165) is 5.56 Å². The normalized spacial score (nSPS) is 15.2. The van der Waals surface area contributed by atoms with E-state index in [-0.39, 0.29) is 24.7 Å². The van der Waals surface area contributed by atoms with Gasteiger partial charge in [0, 0.05) is 18.8 Å². The molecule has 3 N–H and O–H groups in total. The van der Waals surface area contributed by atoms with Gasteiger partial charge in [0.2, 0.25) is 24.1 Å². The number of nitrogens with one attached hydrogen (secondary N) is 3. The van der Waals surface area contributed by atoms with Gasteiger partial charge in [-0.15, -0.1) is 0 Å². The summed E-state index contributed by atoms with van der Waals surface area (Å²) in [6.45, 7) is 5.63. The lowest BCUT2D eigenvalue weighted by Crippen LogP contribution is -2.52. The van der Waals surface area contributed by atoms with E-state index in [1.165, 1.54) is 0 Å². The van der Waals surface area contributed by atoms with Crippen LogP contribution < -0.4 is 16.0 Å². The highest BCUT2D eigenvalue weighted by Gasteiger charge is 2.68. The van der Waals surface area contributed by atoms with E-state index in [2.05, 4.69) is 16.0 Å². The molecule has 1 saturated carbocycles. The van der Waals surface area contributed by atoms with Crippen LogP contribution in [0.5, 0.6) is 0 Å². The number of rotatable bonds is 13. The highest BCUT2D eigenvalue weighted by atomic mass is 19.4. The number of likely N-dealkylation sites (N-methyl/N-ethyl adjacent to an activating group) is 1. The Balaban J connectivity index is 2.00. The number of para-hydroxylation sites is 1. The zero-order valence-electron chi connectivity index (χ0n) is 20.2. The summed E-state index contributed by atoms with van der Waals surface area (Å²) in [6, 6.07) is 6.31. The minimum atomic E-state index is -4.66. The van der Waals surface area contributed by atoms with Gasteiger partial charge in [0.25, 0.3) is 0 Å². The first-order valence-electron chi connectivity index (χ1n) is 11.7. The summed E-state index contributed by atoms with van der Waals surface area (Å²) in [5.74, 6) is -2.22. The van der Waals surface area contributed by atoms with Crippen LogP contribution in [-0.4, -0.2) is 60.9 Å². The second-order valence-electron chi connectivity index (χ2n) is 9.10. The molecule has 0 saturated heterocycles. The number of benzene rings is 1. The van der Waals surface area contributed by atoms with Crippen molar-refractivity contribution < 1.29 is 32.3 Å². The Bertz CT molecular complexity index is 916. The predicted molar refractivity (Wildman–Crippen MR) is 124 cm³/mol. The van der Waals surface area contributed by atoms with E-state index in [4.69, 9.17) is 0 Å². The quantitative estimate of drug-likeness (QED) is 0.364. The molecular weight excluding hydrogens is 465 g/mol. The van der Waals surface area contributed by atoms with Crippen molar-refractivity contribution in [3.63, 3.8) is 0 Å². The summed E-state index contributed by atoms with van der Waals surface area (Å²) in [6.07, 6.45) is -3.89. The summed E-state index contributed by atoms with van der Waals surface area (Å²) < 4.78 is 39.3. The van der Waals surface area contributed by atoms with Crippen LogP contribution >= 0.6 is 0 Å². The van der Waals surface area contributed by atoms with Gasteiger partial charge in [-0.2, -0.15) is 13.2 Å². The molecule has 1 aliphatic rings. The Morgan fingerprint density at radius 1 is 1.17 bits per heavy atom. The van der Waals surface area contributed by atoms with Crippen molar-refractivity contribution >= 4 is 29.8 Å². The van der Waals surface area contributed by atoms with E-state index in [1.807, 2.05) is 26.0 Å². The van der Waals surface area contributed by atoms with Crippen LogP contribution in [0.4, 0.5) is 18.9 Å². The molecule has 0 radical (unpaired) electrons. The molecule has 1 aromatic rings. The second-order valence-corrected chi connectivity index (χ2v) is 9.10. The number of hydrogen-bond donors (Lipinski definition) is 3. The third-order valence-electron chi connectivity index (χ3n) is 6.05. The van der Waals surface area contributed by atoms with Crippen molar-refractivity contribution in [3.8, 4) is 0 Å². The van der Waals surface area contributed by atoms with Crippen LogP contribution in [0.25, 0.3) is 0 Å². The standard InChI is InChI=1S/C24H33F3N4O4/c1-4-31(12-9-17-7-5-6-8-18(17)29-15-32)21(34)19(13-16(2)3)30-20(33)14-28-22(35)23(10-11-23)24(25,26)27/h5-8,15-16,19H,4,9-14H2,1-3H3,(H,28,35)(H,29,32)(H,30,33). The Labute approximate surface area is 203 Å². The number of carbonyl (C=O) groups excluding carboxylic acids is 4. The van der Waals surface area contributed by atoms with Gasteiger partial charge in [0.1, 0.15) is 11.5 Å². The number of alkyl halides is 3. The van der Waals surface area contributed by atoms with Crippen LogP contribution in [-0.2, 0) is 25.6 Å². The van der Waals surface area contributed by atoms with Crippen molar-refractivity contribution in [1.82, 2.24) is 15.5 Å². The summed E-state index contributed by atoms with van der Waals surface area (Å²) in [7, 11) is 0. The van der Waals surface area contributed by atoms with Gasteiger partial charge in [0.05, 0.1) is 6.54 Å². The molecule has 0 spiro atoms. The summed E-state index contributed by atoms with van der Waals surface area (Å²) in [5.41, 5.74) is -0.924. The third-order valence-corrected chi connectivity index (χ3v) is 6.05. The van der Waals surface area contributed by atoms with Gasteiger partial charge < -0.3 is 20.9 Å². The van der Waals surface area contributed by atoms with Crippen molar-refractivity contribution in [1.29, 1.82) is 0 Å².